The third-order valence-corrected chi connectivity index (χ3v) is 4.64. The number of Topliss-reactive ketones (excluding diaryl/α,β-unsaturated/α-hetero) is 1. The van der Waals surface area contributed by atoms with E-state index in [0.29, 0.717) is 13.2 Å². The maximum absolute atomic E-state index is 12.8. The number of amides is 1. The van der Waals surface area contributed by atoms with Crippen molar-refractivity contribution in [2.24, 2.45) is 5.92 Å². The minimum absolute atomic E-state index is 0.131. The Labute approximate surface area is 156 Å². The largest absolute Gasteiger partial charge is 0.313 e. The molecule has 0 bridgehead atoms. The Morgan fingerprint density at radius 2 is 2.04 bits per heavy atom. The lowest BCUT2D eigenvalue weighted by atomic mass is 9.89. The third kappa shape index (κ3) is 7.23. The summed E-state index contributed by atoms with van der Waals surface area (Å²) in [6.45, 7) is 4.74. The fraction of sp³-hybridized carbons (Fsp3) is 0.600. The molecule has 1 aliphatic rings. The minimum atomic E-state index is -0.265. The molecule has 1 aliphatic heterocycles. The van der Waals surface area contributed by atoms with Gasteiger partial charge in [-0.2, -0.15) is 0 Å². The second kappa shape index (κ2) is 11.8. The van der Waals surface area contributed by atoms with Gasteiger partial charge in [-0.1, -0.05) is 56.5 Å². The molecule has 6 heteroatoms. The van der Waals surface area contributed by atoms with Crippen molar-refractivity contribution in [3.63, 3.8) is 0 Å². The van der Waals surface area contributed by atoms with Gasteiger partial charge in [-0.05, 0) is 12.0 Å². The molecular formula is C20H31N3O3. The molecule has 1 fully saturated rings. The van der Waals surface area contributed by atoms with Crippen LogP contribution in [0.3, 0.4) is 0 Å². The molecule has 1 heterocycles. The van der Waals surface area contributed by atoms with Crippen molar-refractivity contribution in [3.05, 3.63) is 35.9 Å². The van der Waals surface area contributed by atoms with Crippen molar-refractivity contribution in [1.29, 1.82) is 0 Å². The van der Waals surface area contributed by atoms with Crippen LogP contribution in [0.2, 0.25) is 0 Å². The summed E-state index contributed by atoms with van der Waals surface area (Å²) in [5.74, 6) is -0.370. The van der Waals surface area contributed by atoms with E-state index in [1.807, 2.05) is 30.3 Å². The first-order chi connectivity index (χ1) is 12.7. The number of hydroxylamine groups is 1. The number of benzene rings is 1. The Bertz CT molecular complexity index is 544. The lowest BCUT2D eigenvalue weighted by molar-refractivity contribution is -0.139. The number of nitrogens with one attached hydrogen (secondary N) is 3. The quantitative estimate of drug-likeness (QED) is 0.415. The molecule has 6 nitrogen and oxygen atoms in total. The molecular weight excluding hydrogens is 330 g/mol. The monoisotopic (exact) mass is 361 g/mol. The molecule has 26 heavy (non-hydrogen) atoms. The van der Waals surface area contributed by atoms with Crippen molar-refractivity contribution in [2.45, 2.75) is 51.7 Å². The van der Waals surface area contributed by atoms with E-state index in [0.717, 1.165) is 44.3 Å². The SMILES string of the molecule is CCCCC[C@H](CC(=O)NOCc1ccccc1)C(=O)[C@H]1CNCCN1. The molecule has 1 saturated heterocycles. The highest BCUT2D eigenvalue weighted by atomic mass is 16.6. The van der Waals surface area contributed by atoms with E-state index in [4.69, 9.17) is 4.84 Å². The maximum Gasteiger partial charge on any atom is 0.244 e. The Morgan fingerprint density at radius 1 is 1.23 bits per heavy atom. The molecule has 0 radical (unpaired) electrons. The van der Waals surface area contributed by atoms with Crippen LogP contribution < -0.4 is 16.1 Å². The van der Waals surface area contributed by atoms with E-state index in [1.165, 1.54) is 0 Å². The second-order valence-electron chi connectivity index (χ2n) is 6.81. The lowest BCUT2D eigenvalue weighted by Crippen LogP contribution is -2.54. The first-order valence-electron chi connectivity index (χ1n) is 9.63. The van der Waals surface area contributed by atoms with Crippen LogP contribution >= 0.6 is 0 Å². The summed E-state index contributed by atoms with van der Waals surface area (Å²) in [6.07, 6.45) is 4.06. The molecule has 2 rings (SSSR count). The van der Waals surface area contributed by atoms with Crippen LogP contribution in [0.25, 0.3) is 0 Å². The average Bonchev–Trinajstić information content (AvgIpc) is 2.68. The molecule has 0 aliphatic carbocycles. The van der Waals surface area contributed by atoms with Crippen LogP contribution in [0, 0.1) is 5.92 Å². The predicted molar refractivity (Wildman–Crippen MR) is 101 cm³/mol. The highest BCUT2D eigenvalue weighted by Gasteiger charge is 2.29. The summed E-state index contributed by atoms with van der Waals surface area (Å²) in [7, 11) is 0. The van der Waals surface area contributed by atoms with E-state index in [2.05, 4.69) is 23.0 Å². The fourth-order valence-electron chi connectivity index (χ4n) is 3.16. The van der Waals surface area contributed by atoms with Crippen LogP contribution in [0.4, 0.5) is 0 Å². The number of carbonyl (C=O) groups excluding carboxylic acids is 2. The number of hydrogen-bond acceptors (Lipinski definition) is 5. The van der Waals surface area contributed by atoms with Crippen molar-refractivity contribution in [1.82, 2.24) is 16.1 Å². The molecule has 0 aromatic heterocycles. The van der Waals surface area contributed by atoms with Crippen molar-refractivity contribution in [3.8, 4) is 0 Å². The van der Waals surface area contributed by atoms with Gasteiger partial charge in [-0.3, -0.25) is 14.4 Å². The van der Waals surface area contributed by atoms with E-state index < -0.39 is 0 Å². The van der Waals surface area contributed by atoms with Crippen LogP contribution in [0.15, 0.2) is 30.3 Å². The standard InChI is InChI=1S/C20H31N3O3/c1-2-3-5-10-17(20(25)18-14-21-11-12-22-18)13-19(24)23-26-15-16-8-6-4-7-9-16/h4,6-9,17-18,21-22H,2-3,5,10-15H2,1H3,(H,23,24)/t17-,18-/m1/s1. The molecule has 2 atom stereocenters. The van der Waals surface area contributed by atoms with Crippen LogP contribution in [0.1, 0.15) is 44.6 Å². The van der Waals surface area contributed by atoms with Gasteiger partial charge in [0.1, 0.15) is 0 Å². The van der Waals surface area contributed by atoms with E-state index in [-0.39, 0.29) is 30.1 Å². The van der Waals surface area contributed by atoms with Crippen LogP contribution in [-0.2, 0) is 21.0 Å². The van der Waals surface area contributed by atoms with Gasteiger partial charge < -0.3 is 10.6 Å². The number of rotatable bonds is 11. The highest BCUT2D eigenvalue weighted by molar-refractivity contribution is 5.90. The van der Waals surface area contributed by atoms with Gasteiger partial charge in [0, 0.05) is 32.0 Å². The molecule has 1 aromatic rings. The predicted octanol–water partition coefficient (Wildman–Crippen LogP) is 1.95. The normalized spacial score (nSPS) is 18.3. The smallest absolute Gasteiger partial charge is 0.244 e. The van der Waals surface area contributed by atoms with E-state index in [9.17, 15) is 9.59 Å². The van der Waals surface area contributed by atoms with Gasteiger partial charge in [0.25, 0.3) is 0 Å². The third-order valence-electron chi connectivity index (χ3n) is 4.64. The zero-order valence-corrected chi connectivity index (χ0v) is 15.6. The number of ketones is 1. The topological polar surface area (TPSA) is 79.5 Å². The minimum Gasteiger partial charge on any atom is -0.313 e. The first kappa shape index (κ1) is 20.6. The summed E-state index contributed by atoms with van der Waals surface area (Å²) < 4.78 is 0. The van der Waals surface area contributed by atoms with Gasteiger partial charge in [0.05, 0.1) is 12.6 Å². The molecule has 0 unspecified atom stereocenters. The Balaban J connectivity index is 1.81. The van der Waals surface area contributed by atoms with Gasteiger partial charge in [0.2, 0.25) is 5.91 Å². The Morgan fingerprint density at radius 3 is 2.73 bits per heavy atom. The van der Waals surface area contributed by atoms with Gasteiger partial charge >= 0.3 is 0 Å². The molecule has 3 N–H and O–H groups in total. The van der Waals surface area contributed by atoms with Gasteiger partial charge in [0.15, 0.2) is 5.78 Å². The van der Waals surface area contributed by atoms with Crippen LogP contribution in [0.5, 0.6) is 0 Å². The summed E-state index contributed by atoms with van der Waals surface area (Å²) in [5, 5.41) is 6.49. The summed E-state index contributed by atoms with van der Waals surface area (Å²) in [6, 6.07) is 9.45. The second-order valence-corrected chi connectivity index (χ2v) is 6.81. The number of carbonyl (C=O) groups is 2. The van der Waals surface area contributed by atoms with Crippen LogP contribution in [-0.4, -0.2) is 37.4 Å². The van der Waals surface area contributed by atoms with E-state index in [1.54, 1.807) is 0 Å². The molecule has 0 spiro atoms. The summed E-state index contributed by atoms with van der Waals surface area (Å²) in [4.78, 5) is 30.3. The van der Waals surface area contributed by atoms with Crippen molar-refractivity contribution >= 4 is 11.7 Å². The van der Waals surface area contributed by atoms with Crippen molar-refractivity contribution < 1.29 is 14.4 Å². The van der Waals surface area contributed by atoms with Gasteiger partial charge in [-0.15, -0.1) is 0 Å². The molecule has 1 amide bonds. The highest BCUT2D eigenvalue weighted by Crippen LogP contribution is 2.17. The first-order valence-corrected chi connectivity index (χ1v) is 9.63. The lowest BCUT2D eigenvalue weighted by Gasteiger charge is -2.27. The summed E-state index contributed by atoms with van der Waals surface area (Å²) in [5.41, 5.74) is 3.47. The Kier molecular flexibility index (Phi) is 9.31. The molecule has 144 valence electrons. The number of hydrogen-bond donors (Lipinski definition) is 3. The molecule has 1 aromatic carbocycles. The maximum atomic E-state index is 12.8. The average molecular weight is 361 g/mol. The zero-order chi connectivity index (χ0) is 18.6. The Hall–Kier alpha value is -1.76. The molecule has 0 saturated carbocycles. The summed E-state index contributed by atoms with van der Waals surface area (Å²) >= 11 is 0. The zero-order valence-electron chi connectivity index (χ0n) is 15.6. The number of piperazine rings is 1. The van der Waals surface area contributed by atoms with Gasteiger partial charge in [-0.25, -0.2) is 5.48 Å². The fourth-order valence-corrected chi connectivity index (χ4v) is 3.16. The van der Waals surface area contributed by atoms with Crippen molar-refractivity contribution in [2.75, 3.05) is 19.6 Å². The number of unbranched alkanes of at least 4 members (excludes halogenated alkanes) is 2. The van der Waals surface area contributed by atoms with E-state index >= 15 is 0 Å².